The summed E-state index contributed by atoms with van der Waals surface area (Å²) in [6, 6.07) is 10.1. The Morgan fingerprint density at radius 2 is 1.86 bits per heavy atom. The molecular weight excluding hydrogens is 574 g/mol. The van der Waals surface area contributed by atoms with Gasteiger partial charge in [0.05, 0.1) is 27.8 Å². The molecule has 7 nitrogen and oxygen atoms in total. The highest BCUT2D eigenvalue weighted by atomic mass is 35.5. The molecule has 3 aromatic carbocycles. The smallest absolute Gasteiger partial charge is 0.354 e. The molecule has 43 heavy (non-hydrogen) atoms. The van der Waals surface area contributed by atoms with Gasteiger partial charge in [-0.3, -0.25) is 9.36 Å². The fourth-order valence-electron chi connectivity index (χ4n) is 5.77. The summed E-state index contributed by atoms with van der Waals surface area (Å²) >= 11 is 6.67. The number of phenols is 1. The lowest BCUT2D eigenvalue weighted by molar-refractivity contribution is -0.126. The molecule has 0 saturated carbocycles. The van der Waals surface area contributed by atoms with E-state index in [1.165, 1.54) is 28.8 Å². The van der Waals surface area contributed by atoms with Crippen molar-refractivity contribution in [1.82, 2.24) is 14.5 Å². The van der Waals surface area contributed by atoms with Crippen molar-refractivity contribution in [3.8, 4) is 22.6 Å². The molecular formula is C33H31ClF2N4O3. The van der Waals surface area contributed by atoms with Crippen molar-refractivity contribution in [2.45, 2.75) is 32.7 Å². The monoisotopic (exact) mass is 604 g/mol. The van der Waals surface area contributed by atoms with Gasteiger partial charge >= 0.3 is 5.69 Å². The van der Waals surface area contributed by atoms with Crippen LogP contribution in [0.4, 0.5) is 14.6 Å². The molecule has 1 aliphatic heterocycles. The maximum Gasteiger partial charge on any atom is 0.354 e. The lowest BCUT2D eigenvalue weighted by Gasteiger charge is -2.41. The van der Waals surface area contributed by atoms with E-state index in [0.717, 1.165) is 11.6 Å². The Morgan fingerprint density at radius 1 is 1.14 bits per heavy atom. The van der Waals surface area contributed by atoms with Gasteiger partial charge in [0.1, 0.15) is 17.4 Å². The van der Waals surface area contributed by atoms with E-state index in [1.54, 1.807) is 15.9 Å². The van der Waals surface area contributed by atoms with Crippen molar-refractivity contribution in [3.63, 3.8) is 0 Å². The van der Waals surface area contributed by atoms with Crippen LogP contribution >= 0.6 is 11.6 Å². The first-order valence-corrected chi connectivity index (χ1v) is 14.2. The SMILES string of the molecule is C=CC(=O)N1CCN(c2nc(=O)n(-c3c(C)cccc3C(C)C)c3c(F)c(-c4c(O)cccc4F)c(Cl)cc23)[C@@H](C=C)C1. The molecule has 0 radical (unpaired) electrons. The van der Waals surface area contributed by atoms with E-state index in [9.17, 15) is 14.7 Å². The lowest BCUT2D eigenvalue weighted by Crippen LogP contribution is -2.54. The average molecular weight is 605 g/mol. The number of aromatic nitrogens is 2. The minimum atomic E-state index is -0.989. The lowest BCUT2D eigenvalue weighted by atomic mass is 9.96. The minimum absolute atomic E-state index is 0.0393. The van der Waals surface area contributed by atoms with Crippen LogP contribution < -0.4 is 10.6 Å². The van der Waals surface area contributed by atoms with Crippen LogP contribution in [-0.4, -0.2) is 51.1 Å². The van der Waals surface area contributed by atoms with Gasteiger partial charge in [0.15, 0.2) is 5.82 Å². The van der Waals surface area contributed by atoms with Gasteiger partial charge in [0, 0.05) is 30.6 Å². The van der Waals surface area contributed by atoms with Crippen LogP contribution in [0.3, 0.4) is 0 Å². The van der Waals surface area contributed by atoms with E-state index in [4.69, 9.17) is 11.6 Å². The number of rotatable bonds is 6. The van der Waals surface area contributed by atoms with Crippen LogP contribution in [0, 0.1) is 18.6 Å². The molecule has 0 bridgehead atoms. The number of amides is 1. The summed E-state index contributed by atoms with van der Waals surface area (Å²) < 4.78 is 33.4. The number of phenolic OH excluding ortho intramolecular Hbond substituents is 1. The summed E-state index contributed by atoms with van der Waals surface area (Å²) in [7, 11) is 0. The predicted octanol–water partition coefficient (Wildman–Crippen LogP) is 6.51. The molecule has 1 aliphatic rings. The fraction of sp³-hybridized carbons (Fsp3) is 0.242. The molecule has 1 N–H and O–H groups in total. The average Bonchev–Trinajstić information content (AvgIpc) is 2.98. The van der Waals surface area contributed by atoms with E-state index >= 15 is 8.78 Å². The van der Waals surface area contributed by atoms with Crippen LogP contribution in [0.15, 0.2) is 72.6 Å². The zero-order chi connectivity index (χ0) is 31.2. The number of aryl methyl sites for hydroxylation is 1. The van der Waals surface area contributed by atoms with Crippen LogP contribution in [0.2, 0.25) is 5.02 Å². The van der Waals surface area contributed by atoms with E-state index in [-0.39, 0.29) is 52.2 Å². The van der Waals surface area contributed by atoms with Crippen molar-refractivity contribution in [1.29, 1.82) is 0 Å². The van der Waals surface area contributed by atoms with E-state index in [1.807, 2.05) is 39.0 Å². The zero-order valence-corrected chi connectivity index (χ0v) is 24.8. The molecule has 1 saturated heterocycles. The first-order valence-electron chi connectivity index (χ1n) is 13.8. The summed E-state index contributed by atoms with van der Waals surface area (Å²) in [5.41, 5.74) is 0.224. The summed E-state index contributed by atoms with van der Waals surface area (Å²) in [4.78, 5) is 34.3. The highest BCUT2D eigenvalue weighted by molar-refractivity contribution is 6.34. The minimum Gasteiger partial charge on any atom is -0.507 e. The largest absolute Gasteiger partial charge is 0.507 e. The molecule has 1 atom stereocenters. The second kappa shape index (κ2) is 11.6. The Bertz CT molecular complexity index is 1830. The molecule has 10 heteroatoms. The number of nitrogens with zero attached hydrogens (tertiary/aromatic N) is 4. The Kier molecular flexibility index (Phi) is 8.12. The van der Waals surface area contributed by atoms with Crippen molar-refractivity contribution < 1.29 is 18.7 Å². The predicted molar refractivity (Wildman–Crippen MR) is 166 cm³/mol. The third-order valence-electron chi connectivity index (χ3n) is 7.85. The van der Waals surface area contributed by atoms with Crippen LogP contribution in [0.5, 0.6) is 5.75 Å². The topological polar surface area (TPSA) is 78.7 Å². The highest BCUT2D eigenvalue weighted by Crippen LogP contribution is 2.43. The third-order valence-corrected chi connectivity index (χ3v) is 8.15. The molecule has 1 fully saturated rings. The number of piperazine rings is 1. The second-order valence-electron chi connectivity index (χ2n) is 10.8. The molecule has 0 spiro atoms. The number of halogens is 3. The van der Waals surface area contributed by atoms with Gasteiger partial charge in [-0.25, -0.2) is 13.6 Å². The van der Waals surface area contributed by atoms with Crippen molar-refractivity contribution >= 4 is 34.2 Å². The Balaban J connectivity index is 1.90. The van der Waals surface area contributed by atoms with Gasteiger partial charge in [-0.1, -0.05) is 62.4 Å². The number of carbonyl (C=O) groups excluding carboxylic acids is 1. The van der Waals surface area contributed by atoms with E-state index in [0.29, 0.717) is 17.8 Å². The Morgan fingerprint density at radius 3 is 2.51 bits per heavy atom. The van der Waals surface area contributed by atoms with Crippen LogP contribution in [0.25, 0.3) is 27.7 Å². The standard InChI is InChI=1S/C33H31ClF2N4O3/c1-6-20-17-38(26(42)7-2)14-15-39(20)32-22-16-23(34)27(28-24(35)12-9-13-25(28)41)29(36)31(22)40(33(43)37-32)30-19(5)10-8-11-21(30)18(3)4/h6-13,16,18,20,41H,1-2,14-15,17H2,3-5H3/t20-/m0/s1. The first kappa shape index (κ1) is 30.0. The maximum absolute atomic E-state index is 17.1. The van der Waals surface area contributed by atoms with E-state index < -0.39 is 34.7 Å². The van der Waals surface area contributed by atoms with Gasteiger partial charge in [-0.05, 0) is 48.2 Å². The Labute approximate surface area is 253 Å². The van der Waals surface area contributed by atoms with Crippen LogP contribution in [0.1, 0.15) is 30.9 Å². The number of benzene rings is 3. The molecule has 5 rings (SSSR count). The summed E-state index contributed by atoms with van der Waals surface area (Å²) in [5, 5.41) is 10.6. The van der Waals surface area contributed by atoms with Gasteiger partial charge in [-0.2, -0.15) is 4.98 Å². The fourth-order valence-corrected chi connectivity index (χ4v) is 6.05. The molecule has 222 valence electrons. The number of para-hydroxylation sites is 1. The molecule has 4 aromatic rings. The number of fused-ring (bicyclic) bond motifs is 1. The number of carbonyl (C=O) groups is 1. The third kappa shape index (κ3) is 5.07. The van der Waals surface area contributed by atoms with Crippen molar-refractivity contribution in [2.75, 3.05) is 24.5 Å². The molecule has 1 amide bonds. The summed E-state index contributed by atoms with van der Waals surface area (Å²) in [5.74, 6) is -2.51. The van der Waals surface area contributed by atoms with Gasteiger partial charge in [0.2, 0.25) is 5.91 Å². The summed E-state index contributed by atoms with van der Waals surface area (Å²) in [6.45, 7) is 14.0. The number of anilines is 1. The summed E-state index contributed by atoms with van der Waals surface area (Å²) in [6.07, 6.45) is 2.86. The number of hydrogen-bond acceptors (Lipinski definition) is 5. The van der Waals surface area contributed by atoms with Gasteiger partial charge in [0.25, 0.3) is 0 Å². The highest BCUT2D eigenvalue weighted by Gasteiger charge is 2.32. The maximum atomic E-state index is 17.1. The van der Waals surface area contributed by atoms with E-state index in [2.05, 4.69) is 18.1 Å². The second-order valence-corrected chi connectivity index (χ2v) is 11.2. The molecule has 0 aliphatic carbocycles. The van der Waals surface area contributed by atoms with Crippen LogP contribution in [-0.2, 0) is 4.79 Å². The van der Waals surface area contributed by atoms with Gasteiger partial charge in [-0.15, -0.1) is 6.58 Å². The normalized spacial score (nSPS) is 15.3. The quantitative estimate of drug-likeness (QED) is 0.200. The number of aromatic hydroxyl groups is 1. The number of hydrogen-bond donors (Lipinski definition) is 1. The Hall–Kier alpha value is -4.50. The first-order chi connectivity index (χ1) is 20.5. The van der Waals surface area contributed by atoms with Gasteiger partial charge < -0.3 is 14.9 Å². The molecule has 0 unspecified atom stereocenters. The molecule has 1 aromatic heterocycles. The molecule has 2 heterocycles. The van der Waals surface area contributed by atoms with Crippen molar-refractivity contribution in [2.24, 2.45) is 0 Å². The zero-order valence-electron chi connectivity index (χ0n) is 24.1. The van der Waals surface area contributed by atoms with Crippen molar-refractivity contribution in [3.05, 3.63) is 106 Å².